The highest BCUT2D eigenvalue weighted by Gasteiger charge is 2.10. The van der Waals surface area contributed by atoms with E-state index in [2.05, 4.69) is 10.3 Å². The zero-order chi connectivity index (χ0) is 15.5. The molecule has 0 saturated heterocycles. The van der Waals surface area contributed by atoms with E-state index in [1.165, 1.54) is 0 Å². The smallest absolute Gasteiger partial charge is 0.232 e. The number of allylic oxidation sites excluding steroid dienone is 1. The van der Waals surface area contributed by atoms with Gasteiger partial charge in [-0.25, -0.2) is 4.98 Å². The molecule has 3 rings (SSSR count). The lowest BCUT2D eigenvalue weighted by atomic mass is 10.2. The van der Waals surface area contributed by atoms with Gasteiger partial charge >= 0.3 is 0 Å². The number of benzene rings is 2. The van der Waals surface area contributed by atoms with Crippen LogP contribution in [0.1, 0.15) is 11.5 Å². The van der Waals surface area contributed by atoms with E-state index in [0.717, 1.165) is 11.3 Å². The molecule has 0 bridgehead atoms. The van der Waals surface area contributed by atoms with Gasteiger partial charge in [0.2, 0.25) is 5.89 Å². The standard InChI is InChI=1S/C17H13ClN2O2/c1-11-4-2-3-5-14(11)19-9-12(10-21)17-20-15-8-13(18)6-7-16(15)22-17/h2-10,19H,1H3/b12-9+. The molecule has 0 unspecified atom stereocenters. The maximum atomic E-state index is 11.3. The number of para-hydroxylation sites is 1. The highest BCUT2D eigenvalue weighted by molar-refractivity contribution is 6.31. The summed E-state index contributed by atoms with van der Waals surface area (Å²) in [4.78, 5) is 15.6. The molecule has 0 aliphatic carbocycles. The van der Waals surface area contributed by atoms with Crippen molar-refractivity contribution < 1.29 is 9.21 Å². The number of aromatic nitrogens is 1. The van der Waals surface area contributed by atoms with Crippen LogP contribution >= 0.6 is 11.6 Å². The van der Waals surface area contributed by atoms with Crippen molar-refractivity contribution in [3.63, 3.8) is 0 Å². The van der Waals surface area contributed by atoms with Gasteiger partial charge < -0.3 is 9.73 Å². The number of carbonyl (C=O) groups is 1. The summed E-state index contributed by atoms with van der Waals surface area (Å²) in [5, 5.41) is 3.67. The van der Waals surface area contributed by atoms with E-state index in [1.807, 2.05) is 31.2 Å². The molecule has 0 atom stereocenters. The topological polar surface area (TPSA) is 55.1 Å². The van der Waals surface area contributed by atoms with Crippen LogP contribution in [0.4, 0.5) is 5.69 Å². The van der Waals surface area contributed by atoms with E-state index in [-0.39, 0.29) is 5.89 Å². The summed E-state index contributed by atoms with van der Waals surface area (Å²) in [6, 6.07) is 12.9. The maximum Gasteiger partial charge on any atom is 0.232 e. The number of oxazole rings is 1. The van der Waals surface area contributed by atoms with Gasteiger partial charge in [-0.2, -0.15) is 0 Å². The molecule has 0 radical (unpaired) electrons. The van der Waals surface area contributed by atoms with Crippen LogP contribution in [0.3, 0.4) is 0 Å². The molecule has 1 aromatic heterocycles. The SMILES string of the molecule is Cc1ccccc1N/C=C(\C=O)c1nc2cc(Cl)ccc2o1. The Balaban J connectivity index is 1.93. The summed E-state index contributed by atoms with van der Waals surface area (Å²) in [7, 11) is 0. The molecule has 0 aliphatic rings. The fourth-order valence-corrected chi connectivity index (χ4v) is 2.23. The predicted octanol–water partition coefficient (Wildman–Crippen LogP) is 4.44. The first kappa shape index (κ1) is 14.4. The number of rotatable bonds is 4. The Bertz CT molecular complexity index is 868. The van der Waals surface area contributed by atoms with Crippen LogP contribution < -0.4 is 5.32 Å². The van der Waals surface area contributed by atoms with Crippen molar-refractivity contribution >= 4 is 40.2 Å². The lowest BCUT2D eigenvalue weighted by molar-refractivity contribution is -0.103. The van der Waals surface area contributed by atoms with Gasteiger partial charge in [-0.15, -0.1) is 0 Å². The Morgan fingerprint density at radius 1 is 1.27 bits per heavy atom. The summed E-state index contributed by atoms with van der Waals surface area (Å²) in [6.45, 7) is 1.98. The average Bonchev–Trinajstić information content (AvgIpc) is 2.92. The lowest BCUT2D eigenvalue weighted by Crippen LogP contribution is -1.95. The number of halogens is 1. The van der Waals surface area contributed by atoms with E-state index >= 15 is 0 Å². The molecule has 22 heavy (non-hydrogen) atoms. The molecule has 0 spiro atoms. The molecule has 4 nitrogen and oxygen atoms in total. The summed E-state index contributed by atoms with van der Waals surface area (Å²) in [6.07, 6.45) is 2.29. The second kappa shape index (κ2) is 6.03. The number of aldehydes is 1. The lowest BCUT2D eigenvalue weighted by Gasteiger charge is -2.04. The van der Waals surface area contributed by atoms with Gasteiger partial charge in [-0.1, -0.05) is 29.8 Å². The first-order valence-electron chi connectivity index (χ1n) is 6.71. The number of nitrogens with one attached hydrogen (secondary N) is 1. The van der Waals surface area contributed by atoms with E-state index in [9.17, 15) is 4.79 Å². The number of fused-ring (bicyclic) bond motifs is 1. The van der Waals surface area contributed by atoms with Crippen molar-refractivity contribution in [3.05, 3.63) is 65.1 Å². The number of hydrogen-bond acceptors (Lipinski definition) is 4. The van der Waals surface area contributed by atoms with Crippen molar-refractivity contribution in [3.8, 4) is 0 Å². The molecule has 1 N–H and O–H groups in total. The molecular formula is C17H13ClN2O2. The van der Waals surface area contributed by atoms with Crippen LogP contribution in [0.5, 0.6) is 0 Å². The third kappa shape index (κ3) is 2.87. The summed E-state index contributed by atoms with van der Waals surface area (Å²) in [5.41, 5.74) is 3.53. The van der Waals surface area contributed by atoms with Crippen molar-refractivity contribution in [1.82, 2.24) is 4.98 Å². The molecule has 1 heterocycles. The zero-order valence-electron chi connectivity index (χ0n) is 11.8. The largest absolute Gasteiger partial charge is 0.436 e. The van der Waals surface area contributed by atoms with Crippen LogP contribution in [0.2, 0.25) is 5.02 Å². The maximum absolute atomic E-state index is 11.3. The molecule has 3 aromatic rings. The van der Waals surface area contributed by atoms with Crippen LogP contribution in [-0.2, 0) is 4.79 Å². The zero-order valence-corrected chi connectivity index (χ0v) is 12.6. The summed E-state index contributed by atoms with van der Waals surface area (Å²) >= 11 is 5.92. The number of carbonyl (C=O) groups excluding carboxylic acids is 1. The van der Waals surface area contributed by atoms with E-state index < -0.39 is 0 Å². The van der Waals surface area contributed by atoms with Crippen LogP contribution in [-0.4, -0.2) is 11.3 Å². The third-order valence-electron chi connectivity index (χ3n) is 3.25. The van der Waals surface area contributed by atoms with Gasteiger partial charge in [-0.3, -0.25) is 4.79 Å². The minimum absolute atomic E-state index is 0.258. The molecule has 0 fully saturated rings. The second-order valence-electron chi connectivity index (χ2n) is 4.81. The van der Waals surface area contributed by atoms with E-state index in [4.69, 9.17) is 16.0 Å². The van der Waals surface area contributed by atoms with Gasteiger partial charge in [0.1, 0.15) is 5.52 Å². The molecule has 0 amide bonds. The van der Waals surface area contributed by atoms with Crippen molar-refractivity contribution in [1.29, 1.82) is 0 Å². The van der Waals surface area contributed by atoms with E-state index in [0.29, 0.717) is 28.0 Å². The first-order chi connectivity index (χ1) is 10.7. The number of aryl methyl sites for hydroxylation is 1. The van der Waals surface area contributed by atoms with Crippen molar-refractivity contribution in [2.24, 2.45) is 0 Å². The van der Waals surface area contributed by atoms with Crippen LogP contribution in [0, 0.1) is 6.92 Å². The van der Waals surface area contributed by atoms with Gasteiger partial charge in [0.25, 0.3) is 0 Å². The first-order valence-corrected chi connectivity index (χ1v) is 7.09. The Hall–Kier alpha value is -2.59. The monoisotopic (exact) mass is 312 g/mol. The van der Waals surface area contributed by atoms with Crippen LogP contribution in [0.25, 0.3) is 16.7 Å². The molecule has 0 aliphatic heterocycles. The van der Waals surface area contributed by atoms with Crippen molar-refractivity contribution in [2.45, 2.75) is 6.92 Å². The minimum Gasteiger partial charge on any atom is -0.436 e. The normalized spacial score (nSPS) is 11.6. The fraction of sp³-hybridized carbons (Fsp3) is 0.0588. The highest BCUT2D eigenvalue weighted by atomic mass is 35.5. The molecule has 110 valence electrons. The number of nitrogens with zero attached hydrogens (tertiary/aromatic N) is 1. The second-order valence-corrected chi connectivity index (χ2v) is 5.24. The third-order valence-corrected chi connectivity index (χ3v) is 3.49. The van der Waals surface area contributed by atoms with Gasteiger partial charge in [0, 0.05) is 16.9 Å². The Morgan fingerprint density at radius 2 is 2.09 bits per heavy atom. The molecule has 5 heteroatoms. The van der Waals surface area contributed by atoms with E-state index in [1.54, 1.807) is 24.4 Å². The van der Waals surface area contributed by atoms with Crippen LogP contribution in [0.15, 0.2) is 53.1 Å². The Kier molecular flexibility index (Phi) is 3.94. The number of hydrogen-bond donors (Lipinski definition) is 1. The van der Waals surface area contributed by atoms with Gasteiger partial charge in [0.05, 0.1) is 5.57 Å². The van der Waals surface area contributed by atoms with Crippen molar-refractivity contribution in [2.75, 3.05) is 5.32 Å². The predicted molar refractivity (Wildman–Crippen MR) is 87.9 cm³/mol. The summed E-state index contributed by atoms with van der Waals surface area (Å²) in [5.74, 6) is 0.258. The summed E-state index contributed by atoms with van der Waals surface area (Å²) < 4.78 is 5.59. The minimum atomic E-state index is 0.258. The Morgan fingerprint density at radius 3 is 2.86 bits per heavy atom. The molecule has 2 aromatic carbocycles. The highest BCUT2D eigenvalue weighted by Crippen LogP contribution is 2.23. The van der Waals surface area contributed by atoms with Gasteiger partial charge in [-0.05, 0) is 36.8 Å². The van der Waals surface area contributed by atoms with Gasteiger partial charge in [0.15, 0.2) is 11.9 Å². The molecule has 0 saturated carbocycles. The average molecular weight is 313 g/mol. The fourth-order valence-electron chi connectivity index (χ4n) is 2.06. The quantitative estimate of drug-likeness (QED) is 0.571. The Labute approximate surface area is 132 Å². The molecular weight excluding hydrogens is 300 g/mol. The number of anilines is 1.